The first-order valence-electron chi connectivity index (χ1n) is 5.70. The highest BCUT2D eigenvalue weighted by atomic mass is 16.2. The van der Waals surface area contributed by atoms with Gasteiger partial charge in [0.2, 0.25) is 5.91 Å². The molecule has 0 aromatic rings. The maximum absolute atomic E-state index is 11.9. The minimum Gasteiger partial charge on any atom is -0.350 e. The first-order valence-corrected chi connectivity index (χ1v) is 5.70. The third-order valence-electron chi connectivity index (χ3n) is 3.18. The van der Waals surface area contributed by atoms with Crippen molar-refractivity contribution < 1.29 is 4.79 Å². The molecule has 0 bridgehead atoms. The standard InChI is InChI=1S/C12H20N2O/c1-4-6-11(2,3)14-10(15)12(9-13)7-5-8-12/h4-8H2,1-3H3,(H,14,15). The van der Waals surface area contributed by atoms with Gasteiger partial charge in [-0.25, -0.2) is 0 Å². The van der Waals surface area contributed by atoms with E-state index in [0.717, 1.165) is 32.1 Å². The number of nitrogens with zero attached hydrogens (tertiary/aromatic N) is 1. The molecule has 0 aromatic carbocycles. The van der Waals surface area contributed by atoms with Crippen LogP contribution in [0.4, 0.5) is 0 Å². The van der Waals surface area contributed by atoms with Gasteiger partial charge in [0, 0.05) is 5.54 Å². The van der Waals surface area contributed by atoms with E-state index < -0.39 is 5.41 Å². The number of hydrogen-bond acceptors (Lipinski definition) is 2. The molecule has 1 N–H and O–H groups in total. The third kappa shape index (κ3) is 2.50. The lowest BCUT2D eigenvalue weighted by Crippen LogP contribution is -2.52. The molecule has 1 rings (SSSR count). The molecule has 0 aromatic heterocycles. The molecule has 15 heavy (non-hydrogen) atoms. The largest absolute Gasteiger partial charge is 0.350 e. The molecule has 0 unspecified atom stereocenters. The molecule has 0 spiro atoms. The van der Waals surface area contributed by atoms with Gasteiger partial charge in [-0.05, 0) is 39.5 Å². The van der Waals surface area contributed by atoms with Gasteiger partial charge in [0.1, 0.15) is 5.41 Å². The van der Waals surface area contributed by atoms with Crippen LogP contribution in [0.2, 0.25) is 0 Å². The van der Waals surface area contributed by atoms with E-state index in [0.29, 0.717) is 0 Å². The Kier molecular flexibility index (Phi) is 3.38. The molecule has 0 atom stereocenters. The lowest BCUT2D eigenvalue weighted by atomic mass is 9.69. The van der Waals surface area contributed by atoms with E-state index in [1.54, 1.807) is 0 Å². The number of carbonyl (C=O) groups excluding carboxylic acids is 1. The van der Waals surface area contributed by atoms with E-state index in [1.807, 2.05) is 13.8 Å². The van der Waals surface area contributed by atoms with Gasteiger partial charge in [-0.3, -0.25) is 4.79 Å². The van der Waals surface area contributed by atoms with E-state index in [2.05, 4.69) is 18.3 Å². The van der Waals surface area contributed by atoms with Crippen LogP contribution >= 0.6 is 0 Å². The van der Waals surface area contributed by atoms with Gasteiger partial charge in [-0.15, -0.1) is 0 Å². The zero-order chi connectivity index (χ0) is 11.5. The molecular weight excluding hydrogens is 188 g/mol. The van der Waals surface area contributed by atoms with Gasteiger partial charge in [0.15, 0.2) is 0 Å². The van der Waals surface area contributed by atoms with Gasteiger partial charge >= 0.3 is 0 Å². The van der Waals surface area contributed by atoms with Gasteiger partial charge in [0.25, 0.3) is 0 Å². The van der Waals surface area contributed by atoms with Crippen molar-refractivity contribution in [2.75, 3.05) is 0 Å². The van der Waals surface area contributed by atoms with Crippen LogP contribution in [0.15, 0.2) is 0 Å². The molecule has 0 heterocycles. The van der Waals surface area contributed by atoms with Crippen LogP contribution in [-0.2, 0) is 4.79 Å². The van der Waals surface area contributed by atoms with Crippen LogP contribution in [-0.4, -0.2) is 11.4 Å². The smallest absolute Gasteiger partial charge is 0.240 e. The number of nitriles is 1. The molecular formula is C12H20N2O. The minimum atomic E-state index is -0.717. The van der Waals surface area contributed by atoms with E-state index in [1.165, 1.54) is 0 Å². The molecule has 1 saturated carbocycles. The summed E-state index contributed by atoms with van der Waals surface area (Å²) in [5.74, 6) is -0.0744. The van der Waals surface area contributed by atoms with Crippen molar-refractivity contribution in [1.29, 1.82) is 5.26 Å². The molecule has 1 fully saturated rings. The zero-order valence-electron chi connectivity index (χ0n) is 9.89. The molecule has 0 radical (unpaired) electrons. The highest BCUT2D eigenvalue weighted by Gasteiger charge is 2.45. The Balaban J connectivity index is 2.59. The molecule has 0 aliphatic heterocycles. The van der Waals surface area contributed by atoms with Gasteiger partial charge in [0.05, 0.1) is 6.07 Å². The second-order valence-corrected chi connectivity index (χ2v) is 5.14. The summed E-state index contributed by atoms with van der Waals surface area (Å²) in [5, 5.41) is 12.0. The van der Waals surface area contributed by atoms with Crippen LogP contribution < -0.4 is 5.32 Å². The van der Waals surface area contributed by atoms with Crippen LogP contribution in [0.3, 0.4) is 0 Å². The summed E-state index contributed by atoms with van der Waals surface area (Å²) in [6.45, 7) is 6.12. The van der Waals surface area contributed by atoms with Crippen LogP contribution in [0.5, 0.6) is 0 Å². The summed E-state index contributed by atoms with van der Waals surface area (Å²) in [6, 6.07) is 2.17. The normalized spacial score (nSPS) is 18.8. The van der Waals surface area contributed by atoms with E-state index in [4.69, 9.17) is 5.26 Å². The average Bonchev–Trinajstić information content (AvgIpc) is 2.01. The van der Waals surface area contributed by atoms with Crippen LogP contribution in [0, 0.1) is 16.7 Å². The van der Waals surface area contributed by atoms with E-state index >= 15 is 0 Å². The van der Waals surface area contributed by atoms with Crippen molar-refractivity contribution >= 4 is 5.91 Å². The Bertz CT molecular complexity index is 284. The predicted molar refractivity (Wildman–Crippen MR) is 59.0 cm³/mol. The van der Waals surface area contributed by atoms with Crippen molar-refractivity contribution in [3.05, 3.63) is 0 Å². The summed E-state index contributed by atoms with van der Waals surface area (Å²) in [4.78, 5) is 11.9. The Morgan fingerprint density at radius 2 is 2.13 bits per heavy atom. The summed E-state index contributed by atoms with van der Waals surface area (Å²) >= 11 is 0. The Morgan fingerprint density at radius 1 is 1.53 bits per heavy atom. The fourth-order valence-electron chi connectivity index (χ4n) is 2.03. The SMILES string of the molecule is CCCC(C)(C)NC(=O)C1(C#N)CCC1. The van der Waals surface area contributed by atoms with Crippen molar-refractivity contribution in [3.8, 4) is 6.07 Å². The van der Waals surface area contributed by atoms with Crippen molar-refractivity contribution in [1.82, 2.24) is 5.32 Å². The third-order valence-corrected chi connectivity index (χ3v) is 3.18. The number of carbonyl (C=O) groups is 1. The van der Waals surface area contributed by atoms with Crippen molar-refractivity contribution in [3.63, 3.8) is 0 Å². The fraction of sp³-hybridized carbons (Fsp3) is 0.833. The van der Waals surface area contributed by atoms with E-state index in [9.17, 15) is 4.79 Å². The molecule has 3 nitrogen and oxygen atoms in total. The first kappa shape index (κ1) is 12.0. The van der Waals surface area contributed by atoms with Crippen molar-refractivity contribution in [2.24, 2.45) is 5.41 Å². The fourth-order valence-corrected chi connectivity index (χ4v) is 2.03. The number of nitrogens with one attached hydrogen (secondary N) is 1. The van der Waals surface area contributed by atoms with Gasteiger partial charge < -0.3 is 5.32 Å². The zero-order valence-corrected chi connectivity index (χ0v) is 9.89. The Hall–Kier alpha value is -1.04. The van der Waals surface area contributed by atoms with Gasteiger partial charge in [-0.1, -0.05) is 13.3 Å². The Morgan fingerprint density at radius 3 is 2.47 bits per heavy atom. The topological polar surface area (TPSA) is 52.9 Å². The lowest BCUT2D eigenvalue weighted by molar-refractivity contribution is -0.133. The monoisotopic (exact) mass is 208 g/mol. The molecule has 3 heteroatoms. The number of rotatable bonds is 4. The van der Waals surface area contributed by atoms with Crippen LogP contribution in [0.25, 0.3) is 0 Å². The quantitative estimate of drug-likeness (QED) is 0.771. The summed E-state index contributed by atoms with van der Waals surface area (Å²) in [6.07, 6.45) is 4.41. The Labute approximate surface area is 91.9 Å². The minimum absolute atomic E-state index is 0.0744. The number of hydrogen-bond donors (Lipinski definition) is 1. The van der Waals surface area contributed by atoms with Gasteiger partial charge in [-0.2, -0.15) is 5.26 Å². The molecule has 0 saturated heterocycles. The second-order valence-electron chi connectivity index (χ2n) is 5.14. The van der Waals surface area contributed by atoms with E-state index in [-0.39, 0.29) is 11.4 Å². The second kappa shape index (κ2) is 4.22. The molecule has 84 valence electrons. The summed E-state index contributed by atoms with van der Waals surface area (Å²) < 4.78 is 0. The highest BCUT2D eigenvalue weighted by Crippen LogP contribution is 2.40. The summed E-state index contributed by atoms with van der Waals surface area (Å²) in [5.41, 5.74) is -0.906. The maximum atomic E-state index is 11.9. The molecule has 1 aliphatic rings. The maximum Gasteiger partial charge on any atom is 0.240 e. The average molecular weight is 208 g/mol. The van der Waals surface area contributed by atoms with Crippen molar-refractivity contribution in [2.45, 2.75) is 58.4 Å². The number of amides is 1. The lowest BCUT2D eigenvalue weighted by Gasteiger charge is -2.37. The molecule has 1 amide bonds. The first-order chi connectivity index (χ1) is 6.96. The van der Waals surface area contributed by atoms with Crippen LogP contribution in [0.1, 0.15) is 52.9 Å². The highest BCUT2D eigenvalue weighted by molar-refractivity contribution is 5.86. The predicted octanol–water partition coefficient (Wildman–Crippen LogP) is 2.38. The summed E-state index contributed by atoms with van der Waals surface area (Å²) in [7, 11) is 0. The molecule has 1 aliphatic carbocycles.